The molecule has 37 heavy (non-hydrogen) atoms. The lowest BCUT2D eigenvalue weighted by Crippen LogP contribution is -2.34. The van der Waals surface area contributed by atoms with E-state index in [0.29, 0.717) is 18.8 Å². The summed E-state index contributed by atoms with van der Waals surface area (Å²) in [6, 6.07) is 11.3. The Hall–Kier alpha value is -4.49. The summed E-state index contributed by atoms with van der Waals surface area (Å²) in [7, 11) is 1.74. The van der Waals surface area contributed by atoms with E-state index in [2.05, 4.69) is 21.8 Å². The van der Waals surface area contributed by atoms with Gasteiger partial charge in [-0.25, -0.2) is 4.98 Å². The van der Waals surface area contributed by atoms with Crippen LogP contribution in [0.15, 0.2) is 54.9 Å². The van der Waals surface area contributed by atoms with Crippen LogP contribution < -0.4 is 20.1 Å². The molecule has 5 rings (SSSR count). The van der Waals surface area contributed by atoms with Gasteiger partial charge < -0.3 is 25.2 Å². The van der Waals surface area contributed by atoms with Gasteiger partial charge in [-0.2, -0.15) is 4.39 Å². The van der Waals surface area contributed by atoms with Crippen LogP contribution in [0.2, 0.25) is 0 Å². The van der Waals surface area contributed by atoms with Crippen molar-refractivity contribution in [2.75, 3.05) is 18.6 Å². The van der Waals surface area contributed by atoms with E-state index >= 15 is 0 Å². The van der Waals surface area contributed by atoms with Crippen LogP contribution >= 0.6 is 0 Å². The fraction of sp³-hybridized carbons (Fsp3) is 0.259. The lowest BCUT2D eigenvalue weighted by atomic mass is 9.81. The van der Waals surface area contributed by atoms with Gasteiger partial charge in [-0.3, -0.25) is 14.6 Å². The number of fused-ring (bicyclic) bond motifs is 1. The minimum absolute atomic E-state index is 0.0332. The van der Waals surface area contributed by atoms with Crippen LogP contribution in [-0.4, -0.2) is 46.1 Å². The Bertz CT molecular complexity index is 1380. The Kier molecular flexibility index (Phi) is 7.65. The summed E-state index contributed by atoms with van der Waals surface area (Å²) in [5.41, 5.74) is 5.82. The van der Waals surface area contributed by atoms with E-state index in [1.54, 1.807) is 11.9 Å². The number of nitrogens with two attached hydrogens (primary N) is 1. The number of ether oxygens (including phenoxy) is 2. The van der Waals surface area contributed by atoms with Crippen LogP contribution in [0.1, 0.15) is 41.7 Å². The SMILES string of the molecule is CN1C(=O)CCOc2ccc(C#CC3(O)CCC3)cc21.NC(=O)c1cc(Oc2cccnc2F)ccn1. The lowest BCUT2D eigenvalue weighted by molar-refractivity contribution is -0.118. The molecule has 1 saturated carbocycles. The normalized spacial score (nSPS) is 15.3. The Balaban J connectivity index is 0.000000176. The summed E-state index contributed by atoms with van der Waals surface area (Å²) < 4.78 is 24.0. The third-order valence-electron chi connectivity index (χ3n) is 5.82. The number of anilines is 1. The van der Waals surface area contributed by atoms with Crippen LogP contribution in [0, 0.1) is 17.8 Å². The number of carbonyl (C=O) groups is 2. The van der Waals surface area contributed by atoms with Crippen LogP contribution in [0.3, 0.4) is 0 Å². The first kappa shape index (κ1) is 25.6. The molecule has 9 nitrogen and oxygen atoms in total. The third-order valence-corrected chi connectivity index (χ3v) is 5.82. The maximum atomic E-state index is 13.2. The van der Waals surface area contributed by atoms with Gasteiger partial charge in [-0.1, -0.05) is 11.8 Å². The minimum Gasteiger partial charge on any atom is -0.491 e. The summed E-state index contributed by atoms with van der Waals surface area (Å²) in [6.07, 6.45) is 5.55. The van der Waals surface area contributed by atoms with Crippen LogP contribution in [0.4, 0.5) is 10.1 Å². The summed E-state index contributed by atoms with van der Waals surface area (Å²) in [5.74, 6) is 5.48. The van der Waals surface area contributed by atoms with Crippen LogP contribution in [-0.2, 0) is 4.79 Å². The zero-order chi connectivity index (χ0) is 26.4. The van der Waals surface area contributed by atoms with Gasteiger partial charge in [0, 0.05) is 31.1 Å². The first-order chi connectivity index (χ1) is 17.7. The molecule has 3 aromatic rings. The van der Waals surface area contributed by atoms with Gasteiger partial charge in [0.25, 0.3) is 11.9 Å². The number of hydrogen-bond acceptors (Lipinski definition) is 7. The van der Waals surface area contributed by atoms with Crippen molar-refractivity contribution in [2.45, 2.75) is 31.3 Å². The molecule has 2 amide bonds. The van der Waals surface area contributed by atoms with E-state index in [4.69, 9.17) is 15.2 Å². The number of halogens is 1. The van der Waals surface area contributed by atoms with Crippen molar-refractivity contribution >= 4 is 17.5 Å². The molecular formula is C27H25FN4O5. The van der Waals surface area contributed by atoms with Gasteiger partial charge in [0.2, 0.25) is 5.91 Å². The smallest absolute Gasteiger partial charge is 0.267 e. The molecule has 10 heteroatoms. The lowest BCUT2D eigenvalue weighted by Gasteiger charge is -2.30. The Morgan fingerprint density at radius 3 is 2.73 bits per heavy atom. The van der Waals surface area contributed by atoms with Gasteiger partial charge >= 0.3 is 0 Å². The second-order valence-electron chi connectivity index (χ2n) is 8.50. The van der Waals surface area contributed by atoms with Crippen molar-refractivity contribution in [1.82, 2.24) is 9.97 Å². The molecule has 2 aliphatic rings. The predicted octanol–water partition coefficient (Wildman–Crippen LogP) is 3.21. The Morgan fingerprint density at radius 2 is 2.03 bits per heavy atom. The molecule has 0 spiro atoms. The molecule has 3 N–H and O–H groups in total. The molecule has 0 radical (unpaired) electrons. The minimum atomic E-state index is -0.814. The van der Waals surface area contributed by atoms with E-state index < -0.39 is 17.5 Å². The number of aromatic nitrogens is 2. The summed E-state index contributed by atoms with van der Waals surface area (Å²) in [6.45, 7) is 0.404. The summed E-state index contributed by atoms with van der Waals surface area (Å²) in [4.78, 5) is 31.5. The number of pyridine rings is 2. The fourth-order valence-electron chi connectivity index (χ4n) is 3.54. The molecule has 1 aromatic carbocycles. The molecule has 1 aliphatic heterocycles. The first-order valence-corrected chi connectivity index (χ1v) is 11.6. The number of aliphatic hydroxyl groups is 1. The van der Waals surface area contributed by atoms with Gasteiger partial charge in [0.15, 0.2) is 5.75 Å². The van der Waals surface area contributed by atoms with Gasteiger partial charge in [0.1, 0.15) is 22.8 Å². The van der Waals surface area contributed by atoms with E-state index in [0.717, 1.165) is 30.5 Å². The molecule has 1 aliphatic carbocycles. The number of rotatable bonds is 3. The maximum absolute atomic E-state index is 13.2. The molecule has 1 fully saturated rings. The van der Waals surface area contributed by atoms with Gasteiger partial charge in [-0.05, 0) is 55.7 Å². The van der Waals surface area contributed by atoms with Crippen molar-refractivity contribution in [3.05, 3.63) is 72.1 Å². The third kappa shape index (κ3) is 6.39. The predicted molar refractivity (Wildman–Crippen MR) is 133 cm³/mol. The van der Waals surface area contributed by atoms with Crippen molar-refractivity contribution < 1.29 is 28.6 Å². The van der Waals surface area contributed by atoms with Crippen LogP contribution in [0.25, 0.3) is 0 Å². The fourth-order valence-corrected chi connectivity index (χ4v) is 3.54. The molecule has 0 unspecified atom stereocenters. The van der Waals surface area contributed by atoms with Gasteiger partial charge in [0.05, 0.1) is 18.7 Å². The van der Waals surface area contributed by atoms with Crippen LogP contribution in [0.5, 0.6) is 17.2 Å². The number of nitrogens with zero attached hydrogens (tertiary/aromatic N) is 3. The largest absolute Gasteiger partial charge is 0.491 e. The van der Waals surface area contributed by atoms with Crippen molar-refractivity contribution in [2.24, 2.45) is 5.73 Å². The molecule has 190 valence electrons. The van der Waals surface area contributed by atoms with Crippen molar-refractivity contribution in [1.29, 1.82) is 0 Å². The van der Waals surface area contributed by atoms with E-state index in [-0.39, 0.29) is 23.1 Å². The molecular weight excluding hydrogens is 479 g/mol. The molecule has 0 atom stereocenters. The molecule has 0 bridgehead atoms. The highest BCUT2D eigenvalue weighted by Gasteiger charge is 2.32. The van der Waals surface area contributed by atoms with Crippen molar-refractivity contribution in [3.8, 4) is 29.1 Å². The van der Waals surface area contributed by atoms with E-state index in [9.17, 15) is 19.1 Å². The second kappa shape index (κ2) is 11.1. The monoisotopic (exact) mass is 504 g/mol. The summed E-state index contributed by atoms with van der Waals surface area (Å²) in [5, 5.41) is 9.99. The van der Waals surface area contributed by atoms with Gasteiger partial charge in [-0.15, -0.1) is 0 Å². The maximum Gasteiger partial charge on any atom is 0.267 e. The summed E-state index contributed by atoms with van der Waals surface area (Å²) >= 11 is 0. The molecule has 2 aromatic heterocycles. The topological polar surface area (TPSA) is 128 Å². The van der Waals surface area contributed by atoms with E-state index in [1.807, 2.05) is 18.2 Å². The van der Waals surface area contributed by atoms with Crippen molar-refractivity contribution in [3.63, 3.8) is 0 Å². The highest BCUT2D eigenvalue weighted by Crippen LogP contribution is 2.33. The molecule has 3 heterocycles. The highest BCUT2D eigenvalue weighted by atomic mass is 19.1. The first-order valence-electron chi connectivity index (χ1n) is 11.6. The zero-order valence-electron chi connectivity index (χ0n) is 20.1. The Labute approximate surface area is 213 Å². The average molecular weight is 505 g/mol. The van der Waals surface area contributed by atoms with E-state index in [1.165, 1.54) is 36.7 Å². The average Bonchev–Trinajstić information content (AvgIpc) is 3.01. The number of primary amides is 1. The quantitative estimate of drug-likeness (QED) is 0.414. The second-order valence-corrected chi connectivity index (χ2v) is 8.50. The number of benzene rings is 1. The molecule has 0 saturated heterocycles. The number of hydrogen-bond donors (Lipinski definition) is 2. The number of carbonyl (C=O) groups excluding carboxylic acids is 2. The number of amides is 2. The highest BCUT2D eigenvalue weighted by molar-refractivity contribution is 5.95. The zero-order valence-corrected chi connectivity index (χ0v) is 20.1. The standard InChI is InChI=1S/C16H17NO3.C11H8FN3O2/c1-17-13-11-12(5-9-16(19)7-2-8-16)3-4-14(13)20-10-6-15(17)18;12-10-9(2-1-4-15-10)17-7-3-5-14-8(6-7)11(13)16/h3-4,11,19H,2,6-8,10H2,1H3;1-6H,(H2,13,16). The Morgan fingerprint density at radius 1 is 1.22 bits per heavy atom.